The summed E-state index contributed by atoms with van der Waals surface area (Å²) in [6, 6.07) is 20.4. The number of rotatable bonds is 10. The summed E-state index contributed by atoms with van der Waals surface area (Å²) in [6.07, 6.45) is 10.4. The van der Waals surface area contributed by atoms with E-state index in [0.29, 0.717) is 38.1 Å². The summed E-state index contributed by atoms with van der Waals surface area (Å²) in [7, 11) is 0. The van der Waals surface area contributed by atoms with Crippen LogP contribution in [0.5, 0.6) is 0 Å². The van der Waals surface area contributed by atoms with Gasteiger partial charge in [-0.15, -0.1) is 0 Å². The van der Waals surface area contributed by atoms with Crippen LogP contribution in [0.3, 0.4) is 0 Å². The van der Waals surface area contributed by atoms with Crippen molar-refractivity contribution in [2.24, 2.45) is 22.7 Å². The first-order chi connectivity index (χ1) is 20.2. The maximum absolute atomic E-state index is 12.5. The Hall–Kier alpha value is -2.28. The van der Waals surface area contributed by atoms with E-state index >= 15 is 0 Å². The molecule has 226 valence electrons. The van der Waals surface area contributed by atoms with Crippen molar-refractivity contribution in [1.82, 2.24) is 4.90 Å². The van der Waals surface area contributed by atoms with Gasteiger partial charge in [-0.05, 0) is 73.3 Å². The van der Waals surface area contributed by atoms with Crippen LogP contribution in [0.15, 0.2) is 84.0 Å². The van der Waals surface area contributed by atoms with E-state index in [1.54, 1.807) is 0 Å². The van der Waals surface area contributed by atoms with Crippen LogP contribution >= 0.6 is 0 Å². The number of nitrogens with zero attached hydrogens (tertiary/aromatic N) is 1. The van der Waals surface area contributed by atoms with Crippen molar-refractivity contribution < 1.29 is 20.1 Å². The van der Waals surface area contributed by atoms with Crippen molar-refractivity contribution in [3.63, 3.8) is 0 Å². The van der Waals surface area contributed by atoms with Gasteiger partial charge in [0.15, 0.2) is 0 Å². The molecule has 0 bridgehead atoms. The molecule has 0 aromatic heterocycles. The molecule has 3 fully saturated rings. The first-order valence-corrected chi connectivity index (χ1v) is 16.1. The van der Waals surface area contributed by atoms with Crippen LogP contribution in [-0.4, -0.2) is 57.7 Å². The van der Waals surface area contributed by atoms with Crippen molar-refractivity contribution in [2.45, 2.75) is 89.8 Å². The molecule has 0 radical (unpaired) electrons. The van der Waals surface area contributed by atoms with Gasteiger partial charge in [0.2, 0.25) is 0 Å². The first-order valence-electron chi connectivity index (χ1n) is 16.1. The summed E-state index contributed by atoms with van der Waals surface area (Å²) in [6.45, 7) is 7.15. The predicted molar refractivity (Wildman–Crippen MR) is 166 cm³/mol. The Balaban J connectivity index is 1.18. The van der Waals surface area contributed by atoms with E-state index < -0.39 is 11.7 Å². The smallest absolute Gasteiger partial charge is 0.0900 e. The number of hydrogen-bond acceptors (Lipinski definition) is 5. The third kappa shape index (κ3) is 5.67. The third-order valence-electron chi connectivity index (χ3n) is 11.5. The van der Waals surface area contributed by atoms with Crippen LogP contribution in [0.25, 0.3) is 0 Å². The molecule has 5 nitrogen and oxygen atoms in total. The van der Waals surface area contributed by atoms with Gasteiger partial charge in [0.1, 0.15) is 0 Å². The van der Waals surface area contributed by atoms with Crippen LogP contribution in [0.2, 0.25) is 0 Å². The van der Waals surface area contributed by atoms with Gasteiger partial charge in [-0.25, -0.2) is 0 Å². The van der Waals surface area contributed by atoms with E-state index in [9.17, 15) is 15.3 Å². The summed E-state index contributed by atoms with van der Waals surface area (Å²) in [5, 5.41) is 33.9. The quantitative estimate of drug-likeness (QED) is 0.324. The van der Waals surface area contributed by atoms with Gasteiger partial charge in [-0.2, -0.15) is 0 Å². The lowest BCUT2D eigenvalue weighted by molar-refractivity contribution is -0.108. The zero-order valence-electron chi connectivity index (χ0n) is 25.4. The molecule has 7 atom stereocenters. The normalized spacial score (nSPS) is 34.7. The Morgan fingerprint density at radius 2 is 1.57 bits per heavy atom. The van der Waals surface area contributed by atoms with Crippen LogP contribution in [0.1, 0.15) is 69.9 Å². The van der Waals surface area contributed by atoms with Gasteiger partial charge >= 0.3 is 0 Å². The first kappa shape index (κ1) is 29.8. The van der Waals surface area contributed by atoms with Crippen LogP contribution in [-0.2, 0) is 17.9 Å². The Kier molecular flexibility index (Phi) is 8.52. The number of aliphatic hydroxyl groups excluding tert-OH is 2. The van der Waals surface area contributed by atoms with Crippen LogP contribution < -0.4 is 0 Å². The lowest BCUT2D eigenvalue weighted by Gasteiger charge is -2.56. The largest absolute Gasteiger partial charge is 0.393 e. The van der Waals surface area contributed by atoms with E-state index in [4.69, 9.17) is 4.74 Å². The average molecular weight is 572 g/mol. The van der Waals surface area contributed by atoms with Crippen molar-refractivity contribution in [3.05, 3.63) is 95.1 Å². The van der Waals surface area contributed by atoms with Gasteiger partial charge in [0, 0.05) is 25.0 Å². The molecule has 2 aromatic carbocycles. The standard InChI is InChI=1S/C37H49NO4/c1-35-18-15-30(39)21-29(35)13-14-32-33(35)16-19-36(2)34(32)17-20-37(36,41)26-38(22-27-9-5-3-6-10-27)23-31(40)25-42-24-28-11-7-4-8-12-28/h3-14,30-31,33-34,39-41H,15-26H2,1-2H3/t30-,31+,33-,34-,35-,36-,37+/m0/s1. The van der Waals surface area contributed by atoms with E-state index in [2.05, 4.69) is 55.2 Å². The average Bonchev–Trinajstić information content (AvgIpc) is 3.24. The second kappa shape index (κ2) is 12.0. The molecular formula is C37H49NO4. The summed E-state index contributed by atoms with van der Waals surface area (Å²) in [5.41, 5.74) is 4.32. The summed E-state index contributed by atoms with van der Waals surface area (Å²) in [4.78, 5) is 2.25. The van der Waals surface area contributed by atoms with Gasteiger partial charge in [-0.1, -0.05) is 97.8 Å². The highest BCUT2D eigenvalue weighted by atomic mass is 16.5. The molecule has 2 aromatic rings. The minimum absolute atomic E-state index is 0.133. The number of allylic oxidation sites excluding steroid dienone is 3. The maximum atomic E-state index is 12.5. The Labute approximate surface area is 251 Å². The zero-order chi connectivity index (χ0) is 29.4. The van der Waals surface area contributed by atoms with Crippen molar-refractivity contribution in [3.8, 4) is 0 Å². The van der Waals surface area contributed by atoms with Crippen molar-refractivity contribution in [2.75, 3.05) is 19.7 Å². The van der Waals surface area contributed by atoms with Gasteiger partial charge in [-0.3, -0.25) is 4.90 Å². The number of fused-ring (bicyclic) bond motifs is 5. The van der Waals surface area contributed by atoms with E-state index in [1.807, 2.05) is 36.4 Å². The minimum atomic E-state index is -0.837. The molecule has 4 aliphatic rings. The molecule has 0 unspecified atom stereocenters. The highest BCUT2D eigenvalue weighted by molar-refractivity contribution is 5.39. The third-order valence-corrected chi connectivity index (χ3v) is 11.5. The zero-order valence-corrected chi connectivity index (χ0v) is 25.4. The second-order valence-corrected chi connectivity index (χ2v) is 14.1. The Morgan fingerprint density at radius 3 is 2.31 bits per heavy atom. The fourth-order valence-corrected chi connectivity index (χ4v) is 8.99. The summed E-state index contributed by atoms with van der Waals surface area (Å²) in [5.74, 6) is 0.870. The minimum Gasteiger partial charge on any atom is -0.393 e. The van der Waals surface area contributed by atoms with Crippen LogP contribution in [0.4, 0.5) is 0 Å². The van der Waals surface area contributed by atoms with Crippen molar-refractivity contribution in [1.29, 1.82) is 0 Å². The van der Waals surface area contributed by atoms with Gasteiger partial charge in [0.05, 0.1) is 31.0 Å². The SMILES string of the molecule is C[C@]12CC[C@H](O)CC1=CC=C1[C@@H]2CC[C@@]2(C)[C@H]1CC[C@@]2(O)CN(Cc1ccccc1)C[C@@H](O)COCc1ccccc1. The molecule has 3 N–H and O–H groups in total. The van der Waals surface area contributed by atoms with Crippen LogP contribution in [0, 0.1) is 22.7 Å². The second-order valence-electron chi connectivity index (χ2n) is 14.1. The Bertz CT molecular complexity index is 1280. The number of benzene rings is 2. The van der Waals surface area contributed by atoms with E-state index in [1.165, 1.54) is 16.7 Å². The molecule has 0 saturated heterocycles. The predicted octanol–water partition coefficient (Wildman–Crippen LogP) is 6.04. The number of hydrogen-bond donors (Lipinski definition) is 3. The van der Waals surface area contributed by atoms with Gasteiger partial charge in [0.25, 0.3) is 0 Å². The molecule has 0 spiro atoms. The molecule has 4 aliphatic carbocycles. The highest BCUT2D eigenvalue weighted by Crippen LogP contribution is 2.66. The molecule has 0 aliphatic heterocycles. The fraction of sp³-hybridized carbons (Fsp3) is 0.568. The lowest BCUT2D eigenvalue weighted by atomic mass is 9.50. The molecule has 0 heterocycles. The van der Waals surface area contributed by atoms with E-state index in [-0.39, 0.29) is 23.5 Å². The number of aliphatic hydroxyl groups is 3. The highest BCUT2D eigenvalue weighted by Gasteiger charge is 2.62. The molecule has 3 saturated carbocycles. The topological polar surface area (TPSA) is 73.2 Å². The fourth-order valence-electron chi connectivity index (χ4n) is 8.99. The molecular weight excluding hydrogens is 522 g/mol. The monoisotopic (exact) mass is 571 g/mol. The molecule has 0 amide bonds. The van der Waals surface area contributed by atoms with Gasteiger partial charge < -0.3 is 20.1 Å². The van der Waals surface area contributed by atoms with E-state index in [0.717, 1.165) is 50.5 Å². The number of ether oxygens (including phenoxy) is 1. The molecule has 5 heteroatoms. The molecule has 42 heavy (non-hydrogen) atoms. The lowest BCUT2D eigenvalue weighted by Crippen LogP contribution is -2.56. The Morgan fingerprint density at radius 1 is 0.881 bits per heavy atom. The maximum Gasteiger partial charge on any atom is 0.0900 e. The summed E-state index contributed by atoms with van der Waals surface area (Å²) < 4.78 is 5.88. The molecule has 6 rings (SSSR count). The summed E-state index contributed by atoms with van der Waals surface area (Å²) >= 11 is 0. The van der Waals surface area contributed by atoms with Crippen molar-refractivity contribution >= 4 is 0 Å².